The van der Waals surface area contributed by atoms with Gasteiger partial charge in [0.15, 0.2) is 0 Å². The molecule has 0 radical (unpaired) electrons. The molecule has 1 nitrogen and oxygen atoms in total. The first-order valence-electron chi connectivity index (χ1n) is 2.55. The van der Waals surface area contributed by atoms with Crippen LogP contribution in [0.2, 0.25) is 4.71 Å². The first kappa shape index (κ1) is 7.52. The van der Waals surface area contributed by atoms with E-state index >= 15 is 0 Å². The quantitative estimate of drug-likeness (QED) is 0.551. The number of methoxy groups -OCH3 is 1. The average molecular weight is 164 g/mol. The van der Waals surface area contributed by atoms with Crippen molar-refractivity contribution < 1.29 is 4.74 Å². The maximum atomic E-state index is 4.91. The van der Waals surface area contributed by atoms with Crippen LogP contribution in [0.3, 0.4) is 0 Å². The van der Waals surface area contributed by atoms with E-state index in [1.807, 2.05) is 0 Å². The molecule has 7 heavy (non-hydrogen) atoms. The van der Waals surface area contributed by atoms with Gasteiger partial charge in [0.25, 0.3) is 0 Å². The summed E-state index contributed by atoms with van der Waals surface area (Å²) in [5.74, 6) is 0. The van der Waals surface area contributed by atoms with Crippen LogP contribution in [0.1, 0.15) is 13.3 Å². The molecule has 0 saturated heterocycles. The molecule has 2 atom stereocenters. The predicted octanol–water partition coefficient (Wildman–Crippen LogP) is 0.464. The molecule has 0 aromatic carbocycles. The number of hydrogen-bond acceptors (Lipinski definition) is 1. The zero-order valence-corrected chi connectivity index (χ0v) is 7.40. The first-order valence-corrected chi connectivity index (χ1v) is 3.95. The molecule has 2 heteroatoms. The Kier molecular flexibility index (Phi) is 5.02. The summed E-state index contributed by atoms with van der Waals surface area (Å²) in [6.07, 6.45) is 1.24. The molecule has 0 aliphatic carbocycles. The summed E-state index contributed by atoms with van der Waals surface area (Å²) < 4.78 is 5.70. The molecule has 0 rings (SSSR count). The van der Waals surface area contributed by atoms with Crippen molar-refractivity contribution >= 4 is 16.9 Å². The van der Waals surface area contributed by atoms with Crippen molar-refractivity contribution in [1.82, 2.24) is 0 Å². The molecule has 0 bridgehead atoms. The van der Waals surface area contributed by atoms with Gasteiger partial charge in [0.1, 0.15) is 0 Å². The fourth-order valence-electron chi connectivity index (χ4n) is 0.332. The Morgan fingerprint density at radius 2 is 2.29 bits per heavy atom. The van der Waals surface area contributed by atoms with Crippen LogP contribution in [-0.2, 0) is 4.74 Å². The van der Waals surface area contributed by atoms with Gasteiger partial charge >= 0.3 is 53.4 Å². The summed E-state index contributed by atoms with van der Waals surface area (Å²) in [6.45, 7) is 3.11. The monoisotopic (exact) mass is 164 g/mol. The van der Waals surface area contributed by atoms with Gasteiger partial charge in [-0.05, 0) is 0 Å². The molecule has 2 unspecified atom stereocenters. The average Bonchev–Trinajstić information content (AvgIpc) is 1.68. The van der Waals surface area contributed by atoms with Crippen LogP contribution < -0.4 is 0 Å². The third kappa shape index (κ3) is 4.37. The summed E-state index contributed by atoms with van der Waals surface area (Å²) in [5.41, 5.74) is 0. The third-order valence-corrected chi connectivity index (χ3v) is 2.30. The topological polar surface area (TPSA) is 9.23 Å². The Balaban J connectivity index is 2.83. The Hall–Kier alpha value is 0.518. The van der Waals surface area contributed by atoms with E-state index in [9.17, 15) is 0 Å². The van der Waals surface area contributed by atoms with Gasteiger partial charge in [0.2, 0.25) is 0 Å². The first-order chi connectivity index (χ1) is 3.31. The second-order valence-corrected chi connectivity index (χ2v) is 3.60. The van der Waals surface area contributed by atoms with Gasteiger partial charge in [-0.2, -0.15) is 0 Å². The maximum absolute atomic E-state index is 4.91. The van der Waals surface area contributed by atoms with Gasteiger partial charge in [-0.3, -0.25) is 0 Å². The van der Waals surface area contributed by atoms with E-state index in [1.165, 1.54) is 6.42 Å². The van der Waals surface area contributed by atoms with Gasteiger partial charge in [0.05, 0.1) is 0 Å². The molecule has 0 aromatic rings. The molecular weight excluding hydrogens is 151 g/mol. The van der Waals surface area contributed by atoms with Crippen molar-refractivity contribution in [1.29, 1.82) is 0 Å². The second-order valence-electron chi connectivity index (χ2n) is 1.62. The van der Waals surface area contributed by atoms with E-state index in [-0.39, 0.29) is 0 Å². The molecule has 0 aliphatic heterocycles. The van der Waals surface area contributed by atoms with Crippen LogP contribution in [0.25, 0.3) is 0 Å². The summed E-state index contributed by atoms with van der Waals surface area (Å²) in [7, 11) is 1.75. The molecule has 44 valence electrons. The van der Waals surface area contributed by atoms with Crippen LogP contribution in [-0.4, -0.2) is 30.6 Å². The molecule has 0 aliphatic rings. The van der Waals surface area contributed by atoms with E-state index in [0.29, 0.717) is 0 Å². The predicted molar refractivity (Wildman–Crippen MR) is 34.5 cm³/mol. The molecule has 0 aromatic heterocycles. The van der Waals surface area contributed by atoms with Crippen LogP contribution >= 0.6 is 0 Å². The summed E-state index contributed by atoms with van der Waals surface area (Å²) >= 11 is 1.77. The molecule has 0 N–H and O–H groups in total. The molecule has 0 fully saturated rings. The van der Waals surface area contributed by atoms with Crippen molar-refractivity contribution in [2.45, 2.75) is 18.1 Å². The normalized spacial score (nSPS) is 14.1. The zero-order valence-electron chi connectivity index (χ0n) is 4.98. The number of hydrogen-bond donors (Lipinski definition) is 0. The molecular formula is C5H13AsO. The fraction of sp³-hybridized carbons (Fsp3) is 1.00. The van der Waals surface area contributed by atoms with E-state index in [1.54, 1.807) is 24.0 Å². The molecule has 0 saturated carbocycles. The van der Waals surface area contributed by atoms with E-state index < -0.39 is 0 Å². The van der Waals surface area contributed by atoms with Crippen molar-refractivity contribution in [3.05, 3.63) is 0 Å². The minimum absolute atomic E-state index is 0.789. The van der Waals surface area contributed by atoms with Crippen LogP contribution in [0, 0.1) is 0 Å². The summed E-state index contributed by atoms with van der Waals surface area (Å²) in [5, 5.41) is 0. The second kappa shape index (κ2) is 4.67. The van der Waals surface area contributed by atoms with Crippen LogP contribution in [0.15, 0.2) is 0 Å². The van der Waals surface area contributed by atoms with Gasteiger partial charge in [-0.25, -0.2) is 0 Å². The molecule has 0 heterocycles. The SMILES string of the molecule is CCC([AsH2])COC. The van der Waals surface area contributed by atoms with Crippen molar-refractivity contribution in [3.8, 4) is 0 Å². The summed E-state index contributed by atoms with van der Waals surface area (Å²) in [6, 6.07) is 0. The Labute approximate surface area is 53.9 Å². The summed E-state index contributed by atoms with van der Waals surface area (Å²) in [4.78, 5) is 0. The van der Waals surface area contributed by atoms with Crippen molar-refractivity contribution in [3.63, 3.8) is 0 Å². The Morgan fingerprint density at radius 1 is 1.71 bits per heavy atom. The van der Waals surface area contributed by atoms with Gasteiger partial charge in [-0.15, -0.1) is 0 Å². The fourth-order valence-corrected chi connectivity index (χ4v) is 0.736. The van der Waals surface area contributed by atoms with Crippen LogP contribution in [0.4, 0.5) is 0 Å². The van der Waals surface area contributed by atoms with Crippen molar-refractivity contribution in [2.75, 3.05) is 13.7 Å². The van der Waals surface area contributed by atoms with Gasteiger partial charge in [0, 0.05) is 0 Å². The molecule has 0 amide bonds. The standard InChI is InChI=1S/C5H13AsO/c1-3-5(6)4-7-2/h5H,3-4,6H2,1-2H3. The third-order valence-electron chi connectivity index (χ3n) is 0.905. The van der Waals surface area contributed by atoms with E-state index in [2.05, 4.69) is 6.92 Å². The van der Waals surface area contributed by atoms with E-state index in [4.69, 9.17) is 4.74 Å². The minimum atomic E-state index is 0.789. The molecule has 0 spiro atoms. The number of rotatable bonds is 3. The van der Waals surface area contributed by atoms with Crippen LogP contribution in [0.5, 0.6) is 0 Å². The Morgan fingerprint density at radius 3 is 2.43 bits per heavy atom. The zero-order chi connectivity index (χ0) is 5.70. The Bertz CT molecular complexity index is 39.1. The van der Waals surface area contributed by atoms with E-state index in [0.717, 1.165) is 11.3 Å². The van der Waals surface area contributed by atoms with Gasteiger partial charge < -0.3 is 0 Å². The van der Waals surface area contributed by atoms with Crippen molar-refractivity contribution in [2.24, 2.45) is 0 Å². The number of ether oxygens (including phenoxy) is 1. The van der Waals surface area contributed by atoms with Gasteiger partial charge in [-0.1, -0.05) is 0 Å².